The van der Waals surface area contributed by atoms with Crippen molar-refractivity contribution in [2.24, 2.45) is 16.6 Å². The second-order valence-corrected chi connectivity index (χ2v) is 4.60. The van der Waals surface area contributed by atoms with Gasteiger partial charge in [-0.3, -0.25) is 0 Å². The molecule has 3 rings (SSSR count). The molecule has 0 atom stereocenters. The summed E-state index contributed by atoms with van der Waals surface area (Å²) < 4.78 is 0. The van der Waals surface area contributed by atoms with Crippen molar-refractivity contribution in [1.29, 1.82) is 5.26 Å². The minimum atomic E-state index is 0.0525. The van der Waals surface area contributed by atoms with Gasteiger partial charge in [-0.1, -0.05) is 0 Å². The minimum Gasteiger partial charge on any atom is -0.330 e. The Bertz CT molecular complexity index is 202. The highest BCUT2D eigenvalue weighted by molar-refractivity contribution is 5.09. The third-order valence-corrected chi connectivity index (χ3v) is 4.07. The zero-order chi connectivity index (χ0) is 8.66. The second kappa shape index (κ2) is 2.47. The van der Waals surface area contributed by atoms with Crippen LogP contribution in [0.4, 0.5) is 0 Å². The lowest BCUT2D eigenvalue weighted by molar-refractivity contribution is 0.0331. The van der Waals surface area contributed by atoms with Gasteiger partial charge in [0.1, 0.15) is 0 Å². The van der Waals surface area contributed by atoms with Crippen molar-refractivity contribution < 1.29 is 0 Å². The summed E-state index contributed by atoms with van der Waals surface area (Å²) in [6.45, 7) is 0.828. The zero-order valence-electron chi connectivity index (χ0n) is 7.47. The third kappa shape index (κ3) is 0.964. The summed E-state index contributed by atoms with van der Waals surface area (Å²) in [7, 11) is 0. The molecular weight excluding hydrogens is 148 g/mol. The van der Waals surface area contributed by atoms with E-state index in [1.807, 2.05) is 0 Å². The molecule has 0 radical (unpaired) electrons. The van der Waals surface area contributed by atoms with Crippen LogP contribution in [-0.4, -0.2) is 6.54 Å². The number of nitrogens with two attached hydrogens (primary N) is 1. The molecule has 2 N–H and O–H groups in total. The van der Waals surface area contributed by atoms with Crippen molar-refractivity contribution in [3.05, 3.63) is 0 Å². The van der Waals surface area contributed by atoms with Gasteiger partial charge in [0.25, 0.3) is 0 Å². The van der Waals surface area contributed by atoms with Gasteiger partial charge in [0.15, 0.2) is 0 Å². The molecule has 0 aliphatic heterocycles. The Balaban J connectivity index is 2.15. The number of fused-ring (bicyclic) bond motifs is 3. The van der Waals surface area contributed by atoms with Gasteiger partial charge in [0, 0.05) is 0 Å². The zero-order valence-corrected chi connectivity index (χ0v) is 7.47. The first-order valence-corrected chi connectivity index (χ1v) is 4.86. The van der Waals surface area contributed by atoms with Crippen LogP contribution in [0.5, 0.6) is 0 Å². The van der Waals surface area contributed by atoms with Crippen LogP contribution in [0.2, 0.25) is 0 Å². The Morgan fingerprint density at radius 3 is 1.92 bits per heavy atom. The summed E-state index contributed by atoms with van der Waals surface area (Å²) in [6.07, 6.45) is 6.87. The topological polar surface area (TPSA) is 49.8 Å². The molecule has 0 unspecified atom stereocenters. The van der Waals surface area contributed by atoms with Crippen LogP contribution >= 0.6 is 0 Å². The van der Waals surface area contributed by atoms with E-state index >= 15 is 0 Å². The number of rotatable bonds is 1. The fourth-order valence-corrected chi connectivity index (χ4v) is 2.74. The predicted molar refractivity (Wildman–Crippen MR) is 47.2 cm³/mol. The fourth-order valence-electron chi connectivity index (χ4n) is 2.74. The average molecular weight is 164 g/mol. The maximum Gasteiger partial charge on any atom is 0.0689 e. The second-order valence-electron chi connectivity index (χ2n) is 4.60. The summed E-state index contributed by atoms with van der Waals surface area (Å²) in [5.41, 5.74) is 6.26. The molecule has 2 bridgehead atoms. The molecule has 2 heteroatoms. The van der Waals surface area contributed by atoms with E-state index in [0.29, 0.717) is 5.41 Å². The van der Waals surface area contributed by atoms with Gasteiger partial charge in [-0.2, -0.15) is 5.26 Å². The SMILES string of the molecule is N#CC12CCC(CN)(CC1)CC2. The highest BCUT2D eigenvalue weighted by Gasteiger charge is 2.47. The van der Waals surface area contributed by atoms with E-state index in [4.69, 9.17) is 11.0 Å². The standard InChI is InChI=1S/C10H16N2/c11-7-9-1-2-10(8-12,5-3-9)6-4-9/h1-7,11H2. The summed E-state index contributed by atoms with van der Waals surface area (Å²) in [5.74, 6) is 0. The van der Waals surface area contributed by atoms with Gasteiger partial charge >= 0.3 is 0 Å². The van der Waals surface area contributed by atoms with Gasteiger partial charge < -0.3 is 5.73 Å². The highest BCUT2D eigenvalue weighted by Crippen LogP contribution is 2.55. The Hall–Kier alpha value is -0.550. The van der Waals surface area contributed by atoms with Crippen molar-refractivity contribution in [1.82, 2.24) is 0 Å². The lowest BCUT2D eigenvalue weighted by Gasteiger charge is -2.50. The summed E-state index contributed by atoms with van der Waals surface area (Å²) in [4.78, 5) is 0. The highest BCUT2D eigenvalue weighted by atomic mass is 14.6. The van der Waals surface area contributed by atoms with Gasteiger partial charge in [-0.15, -0.1) is 0 Å². The Morgan fingerprint density at radius 2 is 1.58 bits per heavy atom. The largest absolute Gasteiger partial charge is 0.330 e. The molecule has 0 heterocycles. The smallest absolute Gasteiger partial charge is 0.0689 e. The predicted octanol–water partition coefficient (Wildman–Crippen LogP) is 1.81. The summed E-state index contributed by atoms with van der Waals surface area (Å²) in [5, 5.41) is 9.04. The first kappa shape index (κ1) is 8.07. The van der Waals surface area contributed by atoms with Crippen LogP contribution < -0.4 is 5.73 Å². The van der Waals surface area contributed by atoms with Crippen molar-refractivity contribution in [2.45, 2.75) is 38.5 Å². The van der Waals surface area contributed by atoms with Crippen molar-refractivity contribution in [3.8, 4) is 6.07 Å². The Morgan fingerprint density at radius 1 is 1.08 bits per heavy atom. The number of nitriles is 1. The summed E-state index contributed by atoms with van der Waals surface area (Å²) in [6, 6.07) is 2.51. The van der Waals surface area contributed by atoms with E-state index in [9.17, 15) is 0 Å². The molecule has 0 amide bonds. The van der Waals surface area contributed by atoms with E-state index in [2.05, 4.69) is 6.07 Å². The first-order valence-electron chi connectivity index (χ1n) is 4.86. The average Bonchev–Trinajstić information content (AvgIpc) is 2.21. The number of hydrogen-bond acceptors (Lipinski definition) is 2. The van der Waals surface area contributed by atoms with Crippen molar-refractivity contribution >= 4 is 0 Å². The quantitative estimate of drug-likeness (QED) is 0.642. The van der Waals surface area contributed by atoms with Crippen LogP contribution in [0.15, 0.2) is 0 Å². The van der Waals surface area contributed by atoms with E-state index in [0.717, 1.165) is 25.8 Å². The van der Waals surface area contributed by atoms with Gasteiger partial charge in [0.2, 0.25) is 0 Å². The van der Waals surface area contributed by atoms with Crippen LogP contribution in [0, 0.1) is 22.2 Å². The first-order chi connectivity index (χ1) is 5.74. The molecule has 2 nitrogen and oxygen atoms in total. The number of nitrogens with zero attached hydrogens (tertiary/aromatic N) is 1. The Labute approximate surface area is 73.7 Å². The van der Waals surface area contributed by atoms with Crippen LogP contribution in [0.25, 0.3) is 0 Å². The van der Waals surface area contributed by atoms with E-state index in [1.54, 1.807) is 0 Å². The van der Waals surface area contributed by atoms with Gasteiger partial charge in [0.05, 0.1) is 11.5 Å². The van der Waals surface area contributed by atoms with Crippen LogP contribution in [0.3, 0.4) is 0 Å². The molecule has 3 aliphatic carbocycles. The minimum absolute atomic E-state index is 0.0525. The van der Waals surface area contributed by atoms with Crippen molar-refractivity contribution in [3.63, 3.8) is 0 Å². The maximum absolute atomic E-state index is 9.04. The van der Waals surface area contributed by atoms with E-state index < -0.39 is 0 Å². The fraction of sp³-hybridized carbons (Fsp3) is 0.900. The van der Waals surface area contributed by atoms with Gasteiger partial charge in [-0.05, 0) is 50.5 Å². The monoisotopic (exact) mass is 164 g/mol. The molecule has 3 saturated carbocycles. The van der Waals surface area contributed by atoms with Crippen LogP contribution in [0.1, 0.15) is 38.5 Å². The molecule has 0 saturated heterocycles. The normalized spacial score (nSPS) is 45.7. The lowest BCUT2D eigenvalue weighted by atomic mass is 9.54. The molecule has 0 aromatic heterocycles. The molecule has 12 heavy (non-hydrogen) atoms. The van der Waals surface area contributed by atoms with E-state index in [1.165, 1.54) is 19.3 Å². The molecule has 0 aromatic carbocycles. The number of hydrogen-bond donors (Lipinski definition) is 1. The molecule has 3 fully saturated rings. The maximum atomic E-state index is 9.04. The lowest BCUT2D eigenvalue weighted by Crippen LogP contribution is -2.44. The molecular formula is C10H16N2. The summed E-state index contributed by atoms with van der Waals surface area (Å²) >= 11 is 0. The molecule has 66 valence electrons. The molecule has 0 spiro atoms. The molecule has 0 aromatic rings. The van der Waals surface area contributed by atoms with Gasteiger partial charge in [-0.25, -0.2) is 0 Å². The van der Waals surface area contributed by atoms with Crippen molar-refractivity contribution in [2.75, 3.05) is 6.54 Å². The third-order valence-electron chi connectivity index (χ3n) is 4.07. The van der Waals surface area contributed by atoms with E-state index in [-0.39, 0.29) is 5.41 Å². The van der Waals surface area contributed by atoms with Crippen LogP contribution in [-0.2, 0) is 0 Å². The Kier molecular flexibility index (Phi) is 1.66. The molecule has 3 aliphatic rings.